The van der Waals surface area contributed by atoms with Crippen LogP contribution in [-0.2, 0) is 13.0 Å². The summed E-state index contributed by atoms with van der Waals surface area (Å²) < 4.78 is 27.9. The number of rotatable bonds is 6. The number of allylic oxidation sites excluding steroid dienone is 1. The number of aromatic nitrogens is 1. The Morgan fingerprint density at radius 2 is 1.88 bits per heavy atom. The van der Waals surface area contributed by atoms with E-state index in [4.69, 9.17) is 14.5 Å². The number of nitrogens with zero attached hydrogens (tertiary/aromatic N) is 2. The Morgan fingerprint density at radius 3 is 2.71 bits per heavy atom. The van der Waals surface area contributed by atoms with Crippen LogP contribution in [0.1, 0.15) is 39.6 Å². The molecule has 0 spiro atoms. The third-order valence-electron chi connectivity index (χ3n) is 7.51. The molecule has 0 saturated carbocycles. The van der Waals surface area contributed by atoms with Crippen molar-refractivity contribution in [2.45, 2.75) is 25.5 Å². The fourth-order valence-corrected chi connectivity index (χ4v) is 7.38. The van der Waals surface area contributed by atoms with Gasteiger partial charge in [0.2, 0.25) is 0 Å². The molecule has 41 heavy (non-hydrogen) atoms. The van der Waals surface area contributed by atoms with Crippen LogP contribution in [-0.4, -0.2) is 11.7 Å². The third-order valence-corrected chi connectivity index (χ3v) is 9.42. The van der Waals surface area contributed by atoms with Crippen LogP contribution in [0.5, 0.6) is 11.5 Å². The van der Waals surface area contributed by atoms with E-state index in [0.29, 0.717) is 26.4 Å². The van der Waals surface area contributed by atoms with Crippen LogP contribution >= 0.6 is 22.7 Å². The van der Waals surface area contributed by atoms with E-state index < -0.39 is 0 Å². The van der Waals surface area contributed by atoms with Crippen molar-refractivity contribution in [3.63, 3.8) is 0 Å². The van der Waals surface area contributed by atoms with Crippen LogP contribution < -0.4 is 24.4 Å². The van der Waals surface area contributed by atoms with E-state index in [0.717, 1.165) is 34.5 Å². The molecule has 1 aliphatic heterocycles. The molecule has 0 N–H and O–H groups in total. The van der Waals surface area contributed by atoms with Gasteiger partial charge in [-0.25, -0.2) is 9.38 Å². The molecule has 1 atom stereocenters. The largest absolute Gasteiger partial charge is 0.493 e. The van der Waals surface area contributed by atoms with Gasteiger partial charge in [0.25, 0.3) is 5.56 Å². The highest BCUT2D eigenvalue weighted by Crippen LogP contribution is 2.42. The van der Waals surface area contributed by atoms with Gasteiger partial charge in [-0.2, -0.15) is 0 Å². The number of thiazole rings is 1. The number of benzene rings is 3. The van der Waals surface area contributed by atoms with Gasteiger partial charge < -0.3 is 9.47 Å². The van der Waals surface area contributed by atoms with Gasteiger partial charge in [0, 0.05) is 16.0 Å². The van der Waals surface area contributed by atoms with Crippen molar-refractivity contribution < 1.29 is 13.9 Å². The van der Waals surface area contributed by atoms with Crippen molar-refractivity contribution in [2.75, 3.05) is 7.11 Å². The second kappa shape index (κ2) is 10.6. The minimum absolute atomic E-state index is 0.0589. The minimum atomic E-state index is -0.315. The highest BCUT2D eigenvalue weighted by Gasteiger charge is 2.33. The van der Waals surface area contributed by atoms with E-state index >= 15 is 0 Å². The van der Waals surface area contributed by atoms with Crippen LogP contribution in [0.3, 0.4) is 0 Å². The summed E-state index contributed by atoms with van der Waals surface area (Å²) in [6.07, 6.45) is 3.67. The third kappa shape index (κ3) is 4.63. The van der Waals surface area contributed by atoms with Crippen LogP contribution in [0, 0.1) is 5.82 Å². The first-order valence-corrected chi connectivity index (χ1v) is 15.0. The lowest BCUT2D eigenvalue weighted by Gasteiger charge is -2.30. The molecule has 0 fully saturated rings. The molecule has 1 aliphatic carbocycles. The molecule has 0 bridgehead atoms. The van der Waals surface area contributed by atoms with Crippen LogP contribution in [0.25, 0.3) is 11.8 Å². The fourth-order valence-electron chi connectivity index (χ4n) is 5.53. The summed E-state index contributed by atoms with van der Waals surface area (Å²) in [6, 6.07) is 24.4. The average molecular weight is 581 g/mol. The van der Waals surface area contributed by atoms with Gasteiger partial charge in [0.05, 0.1) is 23.4 Å². The standard InChI is InChI=1S/C33H25FN2O3S2/c1-38-27-17-20(12-15-26(27)39-19-22-8-3-5-10-25(22)34)18-29-32(37)36-31(28-11-6-16-40-28)24-14-13-21-7-2-4-9-23(21)30(24)35-33(36)41-29/h2-12,15-18,31H,13-14,19H2,1H3. The molecule has 3 aromatic carbocycles. The summed E-state index contributed by atoms with van der Waals surface area (Å²) >= 11 is 3.07. The monoisotopic (exact) mass is 580 g/mol. The summed E-state index contributed by atoms with van der Waals surface area (Å²) in [7, 11) is 1.56. The maximum atomic E-state index is 14.0. The number of methoxy groups -OCH3 is 1. The number of thiophene rings is 1. The van der Waals surface area contributed by atoms with Gasteiger partial charge in [0.15, 0.2) is 16.3 Å². The Kier molecular flexibility index (Phi) is 6.65. The lowest BCUT2D eigenvalue weighted by atomic mass is 9.85. The molecule has 5 aromatic rings. The van der Waals surface area contributed by atoms with Crippen molar-refractivity contribution in [3.8, 4) is 11.5 Å². The number of hydrogen-bond acceptors (Lipinski definition) is 6. The fraction of sp³-hybridized carbons (Fsp3) is 0.152. The van der Waals surface area contributed by atoms with Crippen molar-refractivity contribution in [1.82, 2.24) is 4.57 Å². The Bertz CT molecular complexity index is 1990. The molecule has 0 amide bonds. The van der Waals surface area contributed by atoms with E-state index in [2.05, 4.69) is 35.7 Å². The molecule has 1 unspecified atom stereocenters. The number of ether oxygens (including phenoxy) is 2. The first kappa shape index (κ1) is 25.7. The van der Waals surface area contributed by atoms with Gasteiger partial charge >= 0.3 is 0 Å². The van der Waals surface area contributed by atoms with E-state index in [1.165, 1.54) is 28.5 Å². The maximum Gasteiger partial charge on any atom is 0.271 e. The topological polar surface area (TPSA) is 52.8 Å². The molecule has 2 aromatic heterocycles. The minimum Gasteiger partial charge on any atom is -0.493 e. The summed E-state index contributed by atoms with van der Waals surface area (Å²) in [5.74, 6) is 0.689. The lowest BCUT2D eigenvalue weighted by molar-refractivity contribution is 0.279. The van der Waals surface area contributed by atoms with Crippen molar-refractivity contribution in [1.29, 1.82) is 0 Å². The summed E-state index contributed by atoms with van der Waals surface area (Å²) in [5.41, 5.74) is 5.85. The molecule has 7 rings (SSSR count). The van der Waals surface area contributed by atoms with Gasteiger partial charge in [-0.3, -0.25) is 9.36 Å². The molecule has 204 valence electrons. The van der Waals surface area contributed by atoms with Crippen molar-refractivity contribution in [3.05, 3.63) is 142 Å². The second-order valence-electron chi connectivity index (χ2n) is 9.92. The Labute approximate surface area is 243 Å². The predicted molar refractivity (Wildman–Crippen MR) is 161 cm³/mol. The Balaban J connectivity index is 1.29. The first-order chi connectivity index (χ1) is 20.1. The van der Waals surface area contributed by atoms with E-state index in [-0.39, 0.29) is 24.0 Å². The lowest BCUT2D eigenvalue weighted by Crippen LogP contribution is -2.38. The SMILES string of the molecule is COc1cc(C=c2sc3n(c2=O)C(c2cccs2)C2=C(N=3)c3ccccc3CC2)ccc1OCc1ccccc1F. The molecule has 5 nitrogen and oxygen atoms in total. The molecule has 2 aliphatic rings. The molecule has 0 radical (unpaired) electrons. The summed E-state index contributed by atoms with van der Waals surface area (Å²) in [6.45, 7) is 0.0808. The Hall–Kier alpha value is -4.27. The Morgan fingerprint density at radius 1 is 1.02 bits per heavy atom. The van der Waals surface area contributed by atoms with Gasteiger partial charge in [-0.15, -0.1) is 11.3 Å². The predicted octanol–water partition coefficient (Wildman–Crippen LogP) is 6.11. The van der Waals surface area contributed by atoms with Gasteiger partial charge in [-0.05, 0) is 65.3 Å². The maximum absolute atomic E-state index is 14.0. The number of hydrogen-bond donors (Lipinski definition) is 0. The van der Waals surface area contributed by atoms with Crippen LogP contribution in [0.2, 0.25) is 0 Å². The smallest absolute Gasteiger partial charge is 0.271 e. The van der Waals surface area contributed by atoms with Crippen molar-refractivity contribution in [2.24, 2.45) is 4.99 Å². The highest BCUT2D eigenvalue weighted by molar-refractivity contribution is 7.10. The first-order valence-electron chi connectivity index (χ1n) is 13.3. The van der Waals surface area contributed by atoms with Crippen LogP contribution in [0.4, 0.5) is 4.39 Å². The highest BCUT2D eigenvalue weighted by atomic mass is 32.1. The second-order valence-corrected chi connectivity index (χ2v) is 11.9. The summed E-state index contributed by atoms with van der Waals surface area (Å²) in [4.78, 5) is 20.8. The normalized spacial score (nSPS) is 16.0. The molecule has 0 saturated heterocycles. The number of aryl methyl sites for hydroxylation is 1. The zero-order valence-corrected chi connectivity index (χ0v) is 23.8. The molecule has 8 heteroatoms. The quantitative estimate of drug-likeness (QED) is 0.244. The van der Waals surface area contributed by atoms with E-state index in [1.54, 1.807) is 42.7 Å². The van der Waals surface area contributed by atoms with Gasteiger partial charge in [-0.1, -0.05) is 65.9 Å². The molecular weight excluding hydrogens is 556 g/mol. The van der Waals surface area contributed by atoms with E-state index in [9.17, 15) is 9.18 Å². The molecule has 3 heterocycles. The zero-order valence-electron chi connectivity index (χ0n) is 22.2. The summed E-state index contributed by atoms with van der Waals surface area (Å²) in [5, 5.41) is 2.06. The van der Waals surface area contributed by atoms with Crippen LogP contribution in [0.15, 0.2) is 99.6 Å². The average Bonchev–Trinajstić information content (AvgIpc) is 3.64. The number of halogens is 1. The van der Waals surface area contributed by atoms with Crippen molar-refractivity contribution >= 4 is 34.4 Å². The van der Waals surface area contributed by atoms with Gasteiger partial charge in [0.1, 0.15) is 12.4 Å². The molecular formula is C33H25FN2O3S2. The zero-order chi connectivity index (χ0) is 27.9. The van der Waals surface area contributed by atoms with E-state index in [1.807, 2.05) is 28.8 Å². The number of fused-ring (bicyclic) bond motifs is 3.